The molecular weight excluding hydrogens is 188 g/mol. The Hall–Kier alpha value is -0.570. The number of hydrogen-bond acceptors (Lipinski definition) is 2. The molecule has 2 N–H and O–H groups in total. The second-order valence-corrected chi connectivity index (χ2v) is 5.67. The number of nitrogens with zero attached hydrogens (tertiary/aromatic N) is 1. The SMILES string of the molecule is CCCC(N)C(=O)N1CC2C(C1)C2(C)C. The number of nitrogens with two attached hydrogens (primary N) is 1. The summed E-state index contributed by atoms with van der Waals surface area (Å²) in [5, 5.41) is 0. The number of fused-ring (bicyclic) bond motifs is 1. The van der Waals surface area contributed by atoms with E-state index in [0.29, 0.717) is 5.41 Å². The molecule has 1 heterocycles. The van der Waals surface area contributed by atoms with E-state index in [1.807, 2.05) is 4.90 Å². The number of rotatable bonds is 3. The summed E-state index contributed by atoms with van der Waals surface area (Å²) < 4.78 is 0. The third-order valence-corrected chi connectivity index (χ3v) is 4.35. The first kappa shape index (κ1) is 10.9. The van der Waals surface area contributed by atoms with Crippen LogP contribution in [0.4, 0.5) is 0 Å². The maximum atomic E-state index is 11.9. The lowest BCUT2D eigenvalue weighted by Gasteiger charge is -2.24. The summed E-state index contributed by atoms with van der Waals surface area (Å²) in [4.78, 5) is 13.9. The molecule has 0 radical (unpaired) electrons. The van der Waals surface area contributed by atoms with Crippen molar-refractivity contribution in [3.05, 3.63) is 0 Å². The summed E-state index contributed by atoms with van der Waals surface area (Å²) >= 11 is 0. The Balaban J connectivity index is 1.86. The maximum Gasteiger partial charge on any atom is 0.239 e. The Morgan fingerprint density at radius 3 is 2.47 bits per heavy atom. The molecule has 0 aromatic carbocycles. The second-order valence-electron chi connectivity index (χ2n) is 5.67. The highest BCUT2D eigenvalue weighted by Crippen LogP contribution is 2.61. The van der Waals surface area contributed by atoms with Crippen molar-refractivity contribution in [1.82, 2.24) is 4.90 Å². The summed E-state index contributed by atoms with van der Waals surface area (Å²) in [6, 6.07) is -0.268. The summed E-state index contributed by atoms with van der Waals surface area (Å²) in [5.74, 6) is 1.63. The van der Waals surface area contributed by atoms with Crippen LogP contribution in [0.25, 0.3) is 0 Å². The van der Waals surface area contributed by atoms with Crippen LogP contribution in [0.1, 0.15) is 33.6 Å². The van der Waals surface area contributed by atoms with Crippen molar-refractivity contribution in [2.45, 2.75) is 39.7 Å². The van der Waals surface area contributed by atoms with Crippen LogP contribution >= 0.6 is 0 Å². The predicted octanol–water partition coefficient (Wildman–Crippen LogP) is 1.23. The summed E-state index contributed by atoms with van der Waals surface area (Å²) in [6.07, 6.45) is 1.80. The van der Waals surface area contributed by atoms with Crippen molar-refractivity contribution < 1.29 is 4.79 Å². The van der Waals surface area contributed by atoms with E-state index in [9.17, 15) is 4.79 Å². The molecule has 3 unspecified atom stereocenters. The lowest BCUT2D eigenvalue weighted by molar-refractivity contribution is -0.132. The van der Waals surface area contributed by atoms with Crippen LogP contribution in [0.3, 0.4) is 0 Å². The number of likely N-dealkylation sites (tertiary alicyclic amines) is 1. The largest absolute Gasteiger partial charge is 0.341 e. The first-order chi connectivity index (χ1) is 6.98. The van der Waals surface area contributed by atoms with Crippen LogP contribution in [0, 0.1) is 17.3 Å². The molecule has 2 aliphatic rings. The first-order valence-electron chi connectivity index (χ1n) is 6.02. The molecule has 1 amide bonds. The summed E-state index contributed by atoms with van der Waals surface area (Å²) in [6.45, 7) is 8.55. The van der Waals surface area contributed by atoms with Gasteiger partial charge in [0.05, 0.1) is 6.04 Å². The summed E-state index contributed by atoms with van der Waals surface area (Å²) in [7, 11) is 0. The Morgan fingerprint density at radius 2 is 2.00 bits per heavy atom. The molecule has 3 heteroatoms. The van der Waals surface area contributed by atoms with Crippen LogP contribution < -0.4 is 5.73 Å². The van der Waals surface area contributed by atoms with Crippen LogP contribution in [-0.2, 0) is 4.79 Å². The van der Waals surface area contributed by atoms with E-state index >= 15 is 0 Å². The monoisotopic (exact) mass is 210 g/mol. The molecule has 0 bridgehead atoms. The van der Waals surface area contributed by atoms with E-state index in [-0.39, 0.29) is 11.9 Å². The lowest BCUT2D eigenvalue weighted by Crippen LogP contribution is -2.44. The number of hydrogen-bond donors (Lipinski definition) is 1. The van der Waals surface area contributed by atoms with Gasteiger partial charge >= 0.3 is 0 Å². The molecule has 1 saturated carbocycles. The fraction of sp³-hybridized carbons (Fsp3) is 0.917. The van der Waals surface area contributed by atoms with Gasteiger partial charge in [0.1, 0.15) is 0 Å². The van der Waals surface area contributed by atoms with Gasteiger partial charge in [-0.15, -0.1) is 0 Å². The van der Waals surface area contributed by atoms with Gasteiger partial charge in [-0.2, -0.15) is 0 Å². The van der Waals surface area contributed by atoms with Gasteiger partial charge in [-0.1, -0.05) is 27.2 Å². The predicted molar refractivity (Wildman–Crippen MR) is 60.2 cm³/mol. The molecule has 1 aliphatic heterocycles. The van der Waals surface area contributed by atoms with Crippen molar-refractivity contribution in [2.24, 2.45) is 23.0 Å². The van der Waals surface area contributed by atoms with E-state index in [0.717, 1.165) is 37.8 Å². The Bertz CT molecular complexity index is 261. The van der Waals surface area contributed by atoms with Crippen LogP contribution in [0.2, 0.25) is 0 Å². The van der Waals surface area contributed by atoms with E-state index in [1.165, 1.54) is 0 Å². The van der Waals surface area contributed by atoms with Gasteiger partial charge in [-0.3, -0.25) is 4.79 Å². The number of carbonyl (C=O) groups is 1. The van der Waals surface area contributed by atoms with Gasteiger partial charge in [-0.25, -0.2) is 0 Å². The normalized spacial score (nSPS) is 33.7. The highest BCUT2D eigenvalue weighted by Gasteiger charge is 2.62. The number of piperidine rings is 1. The first-order valence-corrected chi connectivity index (χ1v) is 6.02. The molecule has 2 rings (SSSR count). The van der Waals surface area contributed by atoms with Gasteiger partial charge in [0.25, 0.3) is 0 Å². The quantitative estimate of drug-likeness (QED) is 0.761. The highest BCUT2D eigenvalue weighted by molar-refractivity contribution is 5.82. The molecule has 15 heavy (non-hydrogen) atoms. The minimum absolute atomic E-state index is 0.167. The average molecular weight is 210 g/mol. The van der Waals surface area contributed by atoms with Gasteiger partial charge in [0, 0.05) is 13.1 Å². The third kappa shape index (κ3) is 1.67. The Labute approximate surface area is 92.0 Å². The van der Waals surface area contributed by atoms with Crippen LogP contribution in [-0.4, -0.2) is 29.9 Å². The average Bonchev–Trinajstić information content (AvgIpc) is 2.60. The minimum atomic E-state index is -0.268. The Kier molecular flexibility index (Phi) is 2.53. The van der Waals surface area contributed by atoms with Crippen molar-refractivity contribution in [2.75, 3.05) is 13.1 Å². The highest BCUT2D eigenvalue weighted by atomic mass is 16.2. The lowest BCUT2D eigenvalue weighted by atomic mass is 10.1. The van der Waals surface area contributed by atoms with E-state index in [2.05, 4.69) is 20.8 Å². The van der Waals surface area contributed by atoms with Crippen molar-refractivity contribution in [3.63, 3.8) is 0 Å². The van der Waals surface area contributed by atoms with Gasteiger partial charge < -0.3 is 10.6 Å². The number of amides is 1. The number of carbonyl (C=O) groups excluding carboxylic acids is 1. The molecule has 3 atom stereocenters. The fourth-order valence-electron chi connectivity index (χ4n) is 2.98. The smallest absolute Gasteiger partial charge is 0.239 e. The molecule has 86 valence electrons. The molecule has 0 aromatic heterocycles. The zero-order valence-corrected chi connectivity index (χ0v) is 9.99. The molecule has 0 spiro atoms. The third-order valence-electron chi connectivity index (χ3n) is 4.35. The van der Waals surface area contributed by atoms with E-state index in [1.54, 1.807) is 0 Å². The maximum absolute atomic E-state index is 11.9. The molecule has 2 fully saturated rings. The van der Waals surface area contributed by atoms with Crippen LogP contribution in [0.5, 0.6) is 0 Å². The minimum Gasteiger partial charge on any atom is -0.341 e. The van der Waals surface area contributed by atoms with Crippen LogP contribution in [0.15, 0.2) is 0 Å². The zero-order chi connectivity index (χ0) is 11.2. The van der Waals surface area contributed by atoms with Gasteiger partial charge in [0.15, 0.2) is 0 Å². The van der Waals surface area contributed by atoms with Crippen molar-refractivity contribution in [1.29, 1.82) is 0 Å². The fourth-order valence-corrected chi connectivity index (χ4v) is 2.98. The van der Waals surface area contributed by atoms with Crippen molar-refractivity contribution in [3.8, 4) is 0 Å². The topological polar surface area (TPSA) is 46.3 Å². The molecule has 0 aromatic rings. The standard InChI is InChI=1S/C12H22N2O/c1-4-5-10(13)11(15)14-6-8-9(7-14)12(8,2)3/h8-10H,4-7,13H2,1-3H3. The van der Waals surface area contributed by atoms with Gasteiger partial charge in [-0.05, 0) is 23.7 Å². The van der Waals surface area contributed by atoms with Crippen molar-refractivity contribution >= 4 is 5.91 Å². The second kappa shape index (κ2) is 3.48. The summed E-state index contributed by atoms with van der Waals surface area (Å²) in [5.41, 5.74) is 6.32. The molecule has 1 aliphatic carbocycles. The Morgan fingerprint density at radius 1 is 1.47 bits per heavy atom. The molecule has 3 nitrogen and oxygen atoms in total. The molecular formula is C12H22N2O. The van der Waals surface area contributed by atoms with E-state index < -0.39 is 0 Å². The molecule has 1 saturated heterocycles. The van der Waals surface area contributed by atoms with Gasteiger partial charge in [0.2, 0.25) is 5.91 Å². The zero-order valence-electron chi connectivity index (χ0n) is 9.99. The van der Waals surface area contributed by atoms with E-state index in [4.69, 9.17) is 5.73 Å².